The Bertz CT molecular complexity index is 272. The lowest BCUT2D eigenvalue weighted by Crippen LogP contribution is -2.06. The zero-order valence-corrected chi connectivity index (χ0v) is 7.60. The van der Waals surface area contributed by atoms with Crippen molar-refractivity contribution in [3.8, 4) is 0 Å². The molecule has 0 aliphatic carbocycles. The number of pyridine rings is 1. The van der Waals surface area contributed by atoms with Gasteiger partial charge in [-0.3, -0.25) is 9.78 Å². The highest BCUT2D eigenvalue weighted by Crippen LogP contribution is 2.10. The van der Waals surface area contributed by atoms with Gasteiger partial charge in [0.05, 0.1) is 0 Å². The molecule has 70 valence electrons. The standard InChI is InChI=1S/C10H13NO2/c1-8(6-10(12)13)5-9-3-2-4-11-7-9/h2-4,7-8H,5-6H2,1H3,(H,12,13). The molecule has 0 saturated carbocycles. The highest BCUT2D eigenvalue weighted by molar-refractivity contribution is 5.66. The van der Waals surface area contributed by atoms with Gasteiger partial charge in [-0.15, -0.1) is 0 Å². The fourth-order valence-corrected chi connectivity index (χ4v) is 1.29. The van der Waals surface area contributed by atoms with Crippen LogP contribution in [0.5, 0.6) is 0 Å². The molecule has 1 aromatic rings. The third kappa shape index (κ3) is 3.69. The normalized spacial score (nSPS) is 12.4. The number of nitrogens with zero attached hydrogens (tertiary/aromatic N) is 1. The van der Waals surface area contributed by atoms with E-state index in [9.17, 15) is 4.79 Å². The average molecular weight is 179 g/mol. The second kappa shape index (κ2) is 4.60. The Balaban J connectivity index is 2.45. The lowest BCUT2D eigenvalue weighted by molar-refractivity contribution is -0.137. The Morgan fingerprint density at radius 1 is 1.69 bits per heavy atom. The molecule has 0 amide bonds. The van der Waals surface area contributed by atoms with Gasteiger partial charge in [-0.1, -0.05) is 13.0 Å². The molecule has 0 aromatic carbocycles. The van der Waals surface area contributed by atoms with E-state index >= 15 is 0 Å². The molecule has 0 spiro atoms. The molecule has 1 heterocycles. The van der Waals surface area contributed by atoms with Crippen LogP contribution in [0, 0.1) is 5.92 Å². The average Bonchev–Trinajstić information content (AvgIpc) is 2.04. The molecular weight excluding hydrogens is 166 g/mol. The minimum absolute atomic E-state index is 0.168. The molecule has 1 atom stereocenters. The highest BCUT2D eigenvalue weighted by Gasteiger charge is 2.07. The van der Waals surface area contributed by atoms with E-state index in [2.05, 4.69) is 4.98 Å². The number of aliphatic carboxylic acids is 1. The van der Waals surface area contributed by atoms with Crippen LogP contribution in [-0.4, -0.2) is 16.1 Å². The zero-order chi connectivity index (χ0) is 9.68. The molecule has 1 N–H and O–H groups in total. The van der Waals surface area contributed by atoms with E-state index < -0.39 is 5.97 Å². The summed E-state index contributed by atoms with van der Waals surface area (Å²) in [5, 5.41) is 8.55. The Kier molecular flexibility index (Phi) is 3.43. The molecule has 13 heavy (non-hydrogen) atoms. The smallest absolute Gasteiger partial charge is 0.303 e. The number of rotatable bonds is 4. The predicted octanol–water partition coefficient (Wildman–Crippen LogP) is 1.73. The first-order valence-electron chi connectivity index (χ1n) is 4.29. The van der Waals surface area contributed by atoms with Crippen LogP contribution in [0.4, 0.5) is 0 Å². The maximum Gasteiger partial charge on any atom is 0.303 e. The fourth-order valence-electron chi connectivity index (χ4n) is 1.29. The minimum atomic E-state index is -0.739. The second-order valence-electron chi connectivity index (χ2n) is 3.27. The van der Waals surface area contributed by atoms with E-state index in [4.69, 9.17) is 5.11 Å². The van der Waals surface area contributed by atoms with Gasteiger partial charge in [0.25, 0.3) is 0 Å². The molecule has 0 radical (unpaired) electrons. The van der Waals surface area contributed by atoms with Gasteiger partial charge in [0.15, 0.2) is 0 Å². The second-order valence-corrected chi connectivity index (χ2v) is 3.27. The van der Waals surface area contributed by atoms with Gasteiger partial charge in [-0.2, -0.15) is 0 Å². The summed E-state index contributed by atoms with van der Waals surface area (Å²) in [5.74, 6) is -0.571. The van der Waals surface area contributed by atoms with Crippen molar-refractivity contribution in [2.75, 3.05) is 0 Å². The van der Waals surface area contributed by atoms with Crippen LogP contribution in [0.1, 0.15) is 18.9 Å². The number of aromatic nitrogens is 1. The van der Waals surface area contributed by atoms with E-state index in [-0.39, 0.29) is 12.3 Å². The van der Waals surface area contributed by atoms with E-state index in [1.165, 1.54) is 0 Å². The van der Waals surface area contributed by atoms with Crippen LogP contribution in [0.15, 0.2) is 24.5 Å². The van der Waals surface area contributed by atoms with Crippen molar-refractivity contribution in [3.05, 3.63) is 30.1 Å². The Morgan fingerprint density at radius 2 is 2.46 bits per heavy atom. The maximum absolute atomic E-state index is 10.4. The van der Waals surface area contributed by atoms with Crippen molar-refractivity contribution in [3.63, 3.8) is 0 Å². The Morgan fingerprint density at radius 3 is 3.00 bits per heavy atom. The summed E-state index contributed by atoms with van der Waals surface area (Å²) >= 11 is 0. The predicted molar refractivity (Wildman–Crippen MR) is 49.4 cm³/mol. The van der Waals surface area contributed by atoms with Crippen LogP contribution >= 0.6 is 0 Å². The number of hydrogen-bond acceptors (Lipinski definition) is 2. The van der Waals surface area contributed by atoms with Crippen LogP contribution in [-0.2, 0) is 11.2 Å². The number of carbonyl (C=O) groups is 1. The molecule has 3 heteroatoms. The maximum atomic E-state index is 10.4. The van der Waals surface area contributed by atoms with Crippen molar-refractivity contribution in [2.45, 2.75) is 19.8 Å². The van der Waals surface area contributed by atoms with E-state index in [0.717, 1.165) is 12.0 Å². The van der Waals surface area contributed by atoms with Crippen molar-refractivity contribution >= 4 is 5.97 Å². The molecule has 1 unspecified atom stereocenters. The molecule has 1 aromatic heterocycles. The lowest BCUT2D eigenvalue weighted by Gasteiger charge is -2.07. The van der Waals surface area contributed by atoms with Crippen molar-refractivity contribution in [1.29, 1.82) is 0 Å². The first kappa shape index (κ1) is 9.71. The van der Waals surface area contributed by atoms with Gasteiger partial charge in [0.2, 0.25) is 0 Å². The summed E-state index contributed by atoms with van der Waals surface area (Å²) in [6.07, 6.45) is 4.48. The largest absolute Gasteiger partial charge is 0.481 e. The summed E-state index contributed by atoms with van der Waals surface area (Å²) in [5.41, 5.74) is 1.09. The van der Waals surface area contributed by atoms with Gasteiger partial charge in [0.1, 0.15) is 0 Å². The van der Waals surface area contributed by atoms with E-state index in [1.807, 2.05) is 19.1 Å². The van der Waals surface area contributed by atoms with Crippen molar-refractivity contribution < 1.29 is 9.90 Å². The summed E-state index contributed by atoms with van der Waals surface area (Å²) in [7, 11) is 0. The lowest BCUT2D eigenvalue weighted by atomic mass is 9.99. The molecule has 0 fully saturated rings. The minimum Gasteiger partial charge on any atom is -0.481 e. The van der Waals surface area contributed by atoms with Gasteiger partial charge < -0.3 is 5.11 Å². The van der Waals surface area contributed by atoms with Crippen LogP contribution in [0.2, 0.25) is 0 Å². The third-order valence-corrected chi connectivity index (χ3v) is 1.83. The Hall–Kier alpha value is -1.38. The summed E-state index contributed by atoms with van der Waals surface area (Å²) < 4.78 is 0. The van der Waals surface area contributed by atoms with Crippen LogP contribution < -0.4 is 0 Å². The summed E-state index contributed by atoms with van der Waals surface area (Å²) in [4.78, 5) is 14.4. The summed E-state index contributed by atoms with van der Waals surface area (Å²) in [6, 6.07) is 3.83. The number of carboxylic acid groups (broad SMARTS) is 1. The zero-order valence-electron chi connectivity index (χ0n) is 7.60. The number of carboxylic acids is 1. The first-order chi connectivity index (χ1) is 6.18. The van der Waals surface area contributed by atoms with Crippen molar-refractivity contribution in [1.82, 2.24) is 4.98 Å². The van der Waals surface area contributed by atoms with E-state index in [1.54, 1.807) is 12.4 Å². The molecule has 0 saturated heterocycles. The van der Waals surface area contributed by atoms with Crippen LogP contribution in [0.3, 0.4) is 0 Å². The SMILES string of the molecule is CC(CC(=O)O)Cc1cccnc1. The molecule has 1 rings (SSSR count). The fraction of sp³-hybridized carbons (Fsp3) is 0.400. The molecule has 0 bridgehead atoms. The molecule has 3 nitrogen and oxygen atoms in total. The third-order valence-electron chi connectivity index (χ3n) is 1.83. The highest BCUT2D eigenvalue weighted by atomic mass is 16.4. The molecular formula is C10H13NO2. The number of hydrogen-bond donors (Lipinski definition) is 1. The van der Waals surface area contributed by atoms with Gasteiger partial charge in [0, 0.05) is 18.8 Å². The van der Waals surface area contributed by atoms with Crippen molar-refractivity contribution in [2.24, 2.45) is 5.92 Å². The molecule has 0 aliphatic heterocycles. The van der Waals surface area contributed by atoms with E-state index in [0.29, 0.717) is 0 Å². The Labute approximate surface area is 77.4 Å². The quantitative estimate of drug-likeness (QED) is 0.765. The first-order valence-corrected chi connectivity index (χ1v) is 4.29. The molecule has 0 aliphatic rings. The van der Waals surface area contributed by atoms with Crippen LogP contribution in [0.25, 0.3) is 0 Å². The van der Waals surface area contributed by atoms with Gasteiger partial charge in [-0.25, -0.2) is 0 Å². The monoisotopic (exact) mass is 179 g/mol. The topological polar surface area (TPSA) is 50.2 Å². The van der Waals surface area contributed by atoms with Gasteiger partial charge >= 0.3 is 5.97 Å². The van der Waals surface area contributed by atoms with Gasteiger partial charge in [-0.05, 0) is 24.0 Å². The summed E-state index contributed by atoms with van der Waals surface area (Å²) in [6.45, 7) is 1.93.